The van der Waals surface area contributed by atoms with Crippen LogP contribution in [0.3, 0.4) is 0 Å². The maximum Gasteiger partial charge on any atom is 0.120 e. The van der Waals surface area contributed by atoms with Crippen molar-refractivity contribution in [3.63, 3.8) is 0 Å². The van der Waals surface area contributed by atoms with Crippen molar-refractivity contribution in [1.82, 2.24) is 4.90 Å². The summed E-state index contributed by atoms with van der Waals surface area (Å²) in [6.45, 7) is 6.22. The van der Waals surface area contributed by atoms with Crippen molar-refractivity contribution >= 4 is 11.8 Å². The van der Waals surface area contributed by atoms with E-state index in [4.69, 9.17) is 10.5 Å². The SMILES string of the molecule is C=CN=C/C(=C\N)c1cccc(OCC(O)CN2CCc3ccccc3C2)c1. The van der Waals surface area contributed by atoms with Crippen LogP contribution in [-0.2, 0) is 13.0 Å². The Morgan fingerprint density at radius 1 is 1.25 bits per heavy atom. The molecule has 1 aliphatic heterocycles. The molecule has 0 fully saturated rings. The van der Waals surface area contributed by atoms with Crippen LogP contribution in [0, 0.1) is 0 Å². The number of aliphatic hydroxyl groups excluding tert-OH is 1. The zero-order valence-corrected chi connectivity index (χ0v) is 16.0. The van der Waals surface area contributed by atoms with Crippen LogP contribution in [0.5, 0.6) is 5.75 Å². The summed E-state index contributed by atoms with van der Waals surface area (Å²) in [7, 11) is 0. The highest BCUT2D eigenvalue weighted by molar-refractivity contribution is 6.09. The zero-order chi connectivity index (χ0) is 19.8. The zero-order valence-electron chi connectivity index (χ0n) is 16.0. The molecular formula is C23H27N3O2. The van der Waals surface area contributed by atoms with Gasteiger partial charge in [0.1, 0.15) is 18.5 Å². The summed E-state index contributed by atoms with van der Waals surface area (Å²) in [6, 6.07) is 16.1. The lowest BCUT2D eigenvalue weighted by molar-refractivity contribution is 0.0638. The van der Waals surface area contributed by atoms with Gasteiger partial charge in [0.05, 0.1) is 0 Å². The van der Waals surface area contributed by atoms with Crippen molar-refractivity contribution in [2.24, 2.45) is 10.7 Å². The standard InChI is InChI=1S/C23H27N3O2/c1-2-25-14-21(13-24)19-8-5-9-23(12-19)28-17-22(27)16-26-11-10-18-6-3-4-7-20(18)15-26/h2-9,12-14,22,27H,1,10-11,15-17,24H2/b21-13+,25-14?. The molecule has 2 aromatic rings. The summed E-state index contributed by atoms with van der Waals surface area (Å²) >= 11 is 0. The van der Waals surface area contributed by atoms with Gasteiger partial charge >= 0.3 is 0 Å². The Morgan fingerprint density at radius 2 is 2.07 bits per heavy atom. The molecule has 1 aliphatic rings. The van der Waals surface area contributed by atoms with E-state index in [1.165, 1.54) is 23.5 Å². The first-order chi connectivity index (χ1) is 13.7. The second kappa shape index (κ2) is 9.88. The summed E-state index contributed by atoms with van der Waals surface area (Å²) in [5.41, 5.74) is 10.1. The average Bonchev–Trinajstić information content (AvgIpc) is 2.73. The topological polar surface area (TPSA) is 71.1 Å². The highest BCUT2D eigenvalue weighted by Crippen LogP contribution is 2.20. The molecular weight excluding hydrogens is 350 g/mol. The van der Waals surface area contributed by atoms with Crippen molar-refractivity contribution in [2.75, 3.05) is 19.7 Å². The first-order valence-electron chi connectivity index (χ1n) is 9.46. The molecule has 5 heteroatoms. The maximum absolute atomic E-state index is 10.4. The van der Waals surface area contributed by atoms with Crippen molar-refractivity contribution in [1.29, 1.82) is 0 Å². The molecule has 5 nitrogen and oxygen atoms in total. The molecule has 0 aromatic heterocycles. The lowest BCUT2D eigenvalue weighted by atomic mass is 10.00. The number of β-amino-alcohol motifs (C(OH)–C–C–N with tert-alkyl or cyclic N) is 1. The van der Waals surface area contributed by atoms with Gasteiger partial charge in [-0.1, -0.05) is 43.0 Å². The van der Waals surface area contributed by atoms with Crippen LogP contribution in [0.1, 0.15) is 16.7 Å². The maximum atomic E-state index is 10.4. The van der Waals surface area contributed by atoms with Gasteiger partial charge in [0, 0.05) is 43.8 Å². The predicted molar refractivity (Wildman–Crippen MR) is 114 cm³/mol. The fraction of sp³-hybridized carbons (Fsp3) is 0.261. The lowest BCUT2D eigenvalue weighted by Crippen LogP contribution is -2.38. The van der Waals surface area contributed by atoms with Crippen LogP contribution < -0.4 is 10.5 Å². The van der Waals surface area contributed by atoms with E-state index in [1.807, 2.05) is 24.3 Å². The molecule has 0 bridgehead atoms. The number of nitrogens with zero attached hydrogens (tertiary/aromatic N) is 2. The minimum Gasteiger partial charge on any atom is -0.491 e. The number of hydrogen-bond donors (Lipinski definition) is 2. The summed E-state index contributed by atoms with van der Waals surface area (Å²) in [5, 5.41) is 10.4. The molecule has 0 amide bonds. The Kier molecular flexibility index (Phi) is 7.00. The van der Waals surface area contributed by atoms with E-state index in [0.29, 0.717) is 12.3 Å². The average molecular weight is 377 g/mol. The quantitative estimate of drug-likeness (QED) is 0.694. The Morgan fingerprint density at radius 3 is 2.86 bits per heavy atom. The van der Waals surface area contributed by atoms with Crippen LogP contribution >= 0.6 is 0 Å². The predicted octanol–water partition coefficient (Wildman–Crippen LogP) is 3.00. The molecule has 0 saturated carbocycles. The van der Waals surface area contributed by atoms with Crippen molar-refractivity contribution in [2.45, 2.75) is 19.1 Å². The van der Waals surface area contributed by atoms with Crippen LogP contribution in [0.25, 0.3) is 5.57 Å². The van der Waals surface area contributed by atoms with Gasteiger partial charge in [0.2, 0.25) is 0 Å². The Hall–Kier alpha value is -2.89. The third-order valence-corrected chi connectivity index (χ3v) is 4.79. The summed E-state index contributed by atoms with van der Waals surface area (Å²) in [5.74, 6) is 0.687. The third kappa shape index (κ3) is 5.31. The summed E-state index contributed by atoms with van der Waals surface area (Å²) < 4.78 is 5.81. The fourth-order valence-corrected chi connectivity index (χ4v) is 3.37. The van der Waals surface area contributed by atoms with E-state index < -0.39 is 6.10 Å². The number of aliphatic hydroxyl groups is 1. The number of hydrogen-bond acceptors (Lipinski definition) is 5. The van der Waals surface area contributed by atoms with Gasteiger partial charge in [0.15, 0.2) is 0 Å². The number of nitrogens with two attached hydrogens (primary N) is 1. The smallest absolute Gasteiger partial charge is 0.120 e. The monoisotopic (exact) mass is 377 g/mol. The van der Waals surface area contributed by atoms with Crippen LogP contribution in [0.15, 0.2) is 72.5 Å². The molecule has 0 spiro atoms. The molecule has 3 rings (SSSR count). The first kappa shape index (κ1) is 19.9. The van der Waals surface area contributed by atoms with Crippen molar-refractivity contribution in [3.05, 3.63) is 84.2 Å². The molecule has 2 aromatic carbocycles. The molecule has 0 saturated heterocycles. The van der Waals surface area contributed by atoms with Gasteiger partial charge in [-0.05, 0) is 35.2 Å². The van der Waals surface area contributed by atoms with Gasteiger partial charge in [-0.25, -0.2) is 0 Å². The van der Waals surface area contributed by atoms with Crippen molar-refractivity contribution in [3.8, 4) is 5.75 Å². The van der Waals surface area contributed by atoms with Gasteiger partial charge in [-0.15, -0.1) is 0 Å². The van der Waals surface area contributed by atoms with Crippen LogP contribution in [-0.4, -0.2) is 42.0 Å². The van der Waals surface area contributed by atoms with E-state index in [1.54, 1.807) is 6.21 Å². The van der Waals surface area contributed by atoms with E-state index >= 15 is 0 Å². The molecule has 146 valence electrons. The second-order valence-electron chi connectivity index (χ2n) is 6.83. The largest absolute Gasteiger partial charge is 0.491 e. The Balaban J connectivity index is 1.54. The highest BCUT2D eigenvalue weighted by Gasteiger charge is 2.18. The highest BCUT2D eigenvalue weighted by atomic mass is 16.5. The van der Waals surface area contributed by atoms with Gasteiger partial charge in [0.25, 0.3) is 0 Å². The van der Waals surface area contributed by atoms with Crippen LogP contribution in [0.2, 0.25) is 0 Å². The van der Waals surface area contributed by atoms with E-state index in [9.17, 15) is 5.11 Å². The van der Waals surface area contributed by atoms with Crippen LogP contribution in [0.4, 0.5) is 0 Å². The molecule has 28 heavy (non-hydrogen) atoms. The first-order valence-corrected chi connectivity index (χ1v) is 9.46. The minimum absolute atomic E-state index is 0.240. The lowest BCUT2D eigenvalue weighted by Gasteiger charge is -2.30. The number of aliphatic imine (C=N–C) groups is 1. The number of allylic oxidation sites excluding steroid dienone is 1. The molecule has 1 unspecified atom stereocenters. The normalized spacial score (nSPS) is 16.0. The molecule has 1 heterocycles. The van der Waals surface area contributed by atoms with Gasteiger partial charge in [-0.2, -0.15) is 0 Å². The molecule has 1 atom stereocenters. The summed E-state index contributed by atoms with van der Waals surface area (Å²) in [4.78, 5) is 6.28. The summed E-state index contributed by atoms with van der Waals surface area (Å²) in [6.07, 6.45) is 5.07. The third-order valence-electron chi connectivity index (χ3n) is 4.79. The minimum atomic E-state index is -0.555. The molecule has 0 aliphatic carbocycles. The van der Waals surface area contributed by atoms with E-state index in [-0.39, 0.29) is 6.61 Å². The number of ether oxygens (including phenoxy) is 1. The second-order valence-corrected chi connectivity index (χ2v) is 6.83. The van der Waals surface area contributed by atoms with Gasteiger partial charge in [-0.3, -0.25) is 9.89 Å². The Labute approximate surface area is 166 Å². The number of benzene rings is 2. The van der Waals surface area contributed by atoms with E-state index in [2.05, 4.69) is 40.7 Å². The Bertz CT molecular complexity index is 860. The fourth-order valence-electron chi connectivity index (χ4n) is 3.37. The van der Waals surface area contributed by atoms with Crippen molar-refractivity contribution < 1.29 is 9.84 Å². The molecule has 0 radical (unpaired) electrons. The number of rotatable bonds is 8. The van der Waals surface area contributed by atoms with E-state index in [0.717, 1.165) is 30.6 Å². The van der Waals surface area contributed by atoms with Gasteiger partial charge < -0.3 is 15.6 Å². The number of fused-ring (bicyclic) bond motifs is 1. The molecule has 3 N–H and O–H groups in total.